The Hall–Kier alpha value is -6.12. The third-order valence-electron chi connectivity index (χ3n) is 16.7. The number of hydrogen-bond acceptors (Lipinski definition) is 0. The van der Waals surface area contributed by atoms with Gasteiger partial charge >= 0.3 is 0 Å². The summed E-state index contributed by atoms with van der Waals surface area (Å²) in [5, 5.41) is 10.3. The summed E-state index contributed by atoms with van der Waals surface area (Å²) >= 11 is 0. The van der Waals surface area contributed by atoms with E-state index in [2.05, 4.69) is 238 Å². The van der Waals surface area contributed by atoms with Crippen LogP contribution >= 0.6 is 0 Å². The summed E-state index contributed by atoms with van der Waals surface area (Å²) in [6.45, 7) is 28.1. The Bertz CT molecular complexity index is 3380. The second-order valence-electron chi connectivity index (χ2n) is 22.0. The van der Waals surface area contributed by atoms with Crippen molar-refractivity contribution >= 4 is 65.2 Å². The van der Waals surface area contributed by atoms with Crippen molar-refractivity contribution in [2.24, 2.45) is 0 Å². The van der Waals surface area contributed by atoms with Crippen LogP contribution < -0.4 is 0 Å². The number of nitrogens with zero attached hydrogens (tertiary/aromatic N) is 2. The number of aromatic nitrogens is 2. The molecule has 2 nitrogen and oxygen atoms in total. The van der Waals surface area contributed by atoms with Crippen LogP contribution in [0.25, 0.3) is 87.7 Å². The van der Waals surface area contributed by atoms with Crippen LogP contribution in [0.4, 0.5) is 0 Å². The quantitative estimate of drug-likeness (QED) is 0.123. The molecular formula is C64H68N2. The van der Waals surface area contributed by atoms with Crippen molar-refractivity contribution in [3.63, 3.8) is 0 Å². The zero-order valence-corrected chi connectivity index (χ0v) is 41.6. The Balaban J connectivity index is 1.05. The van der Waals surface area contributed by atoms with E-state index in [-0.39, 0.29) is 21.7 Å². The molecule has 8 aromatic carbocycles. The molecule has 0 aliphatic carbocycles. The molecule has 0 radical (unpaired) electrons. The highest BCUT2D eigenvalue weighted by Crippen LogP contribution is 2.42. The molecule has 2 heteroatoms. The molecule has 0 aliphatic heterocycles. The molecule has 0 saturated carbocycles. The van der Waals surface area contributed by atoms with E-state index < -0.39 is 0 Å². The first-order valence-corrected chi connectivity index (χ1v) is 24.7. The largest absolute Gasteiger partial charge is 0.309 e. The lowest BCUT2D eigenvalue weighted by Crippen LogP contribution is -2.15. The van der Waals surface area contributed by atoms with Gasteiger partial charge in [0, 0.05) is 32.9 Å². The first kappa shape index (κ1) is 43.8. The summed E-state index contributed by atoms with van der Waals surface area (Å²) in [5.41, 5.74) is 15.9. The van der Waals surface area contributed by atoms with Crippen LogP contribution in [0.1, 0.15) is 131 Å². The lowest BCUT2D eigenvalue weighted by Gasteiger charge is -2.24. The summed E-state index contributed by atoms with van der Waals surface area (Å²) in [5.74, 6) is 0. The van der Waals surface area contributed by atoms with Crippen molar-refractivity contribution in [1.29, 1.82) is 0 Å². The van der Waals surface area contributed by atoms with Gasteiger partial charge in [0.1, 0.15) is 0 Å². The molecule has 0 saturated heterocycles. The standard InChI is InChI=1S/C64H68N2/c1-13-61(5,6)47-23-29-57-53(37-47)54-38-48(62(7,8)14-2)24-30-58(54)65(57)51-28-22-44-33-42(19-20-45(44)35-51)43-18-17-41-21-27-52(36-46(41)34-43)66-59-31-25-49(63(9,10)15-3)39-55(59)56-40-50(26-32-60(56)66)64(11,12)16-4/h17-40H,13-16H2,1-12H3. The molecule has 0 bridgehead atoms. The van der Waals surface area contributed by atoms with Crippen LogP contribution in [0.5, 0.6) is 0 Å². The van der Waals surface area contributed by atoms with E-state index >= 15 is 0 Å². The van der Waals surface area contributed by atoms with Gasteiger partial charge in [-0.15, -0.1) is 0 Å². The normalized spacial score (nSPS) is 13.1. The van der Waals surface area contributed by atoms with Gasteiger partial charge in [-0.3, -0.25) is 0 Å². The highest BCUT2D eigenvalue weighted by atomic mass is 15.0. The summed E-state index contributed by atoms with van der Waals surface area (Å²) in [6, 6.07) is 56.7. The fourth-order valence-corrected chi connectivity index (χ4v) is 10.2. The molecule has 0 amide bonds. The number of hydrogen-bond donors (Lipinski definition) is 0. The Morgan fingerprint density at radius 3 is 0.939 bits per heavy atom. The second kappa shape index (κ2) is 15.8. The van der Waals surface area contributed by atoms with Crippen LogP contribution in [0.3, 0.4) is 0 Å². The van der Waals surface area contributed by atoms with Gasteiger partial charge in [0.05, 0.1) is 22.1 Å². The predicted octanol–water partition coefficient (Wildman–Crippen LogP) is 18.6. The summed E-state index contributed by atoms with van der Waals surface area (Å²) < 4.78 is 4.97. The highest BCUT2D eigenvalue weighted by molar-refractivity contribution is 6.11. The molecule has 2 aromatic heterocycles. The SMILES string of the molecule is CCC(C)(C)c1ccc2c(c1)c1cc(C(C)(C)CC)ccc1n2-c1ccc2cc(-c3ccc4ccc(-n5c6ccc(C(C)(C)CC)cc6c6cc(C(C)(C)CC)ccc65)cc4c3)ccc2c1. The molecule has 10 aromatic rings. The lowest BCUT2D eigenvalue weighted by atomic mass is 9.81. The van der Waals surface area contributed by atoms with Crippen molar-refractivity contribution in [3.05, 3.63) is 168 Å². The molecule has 0 atom stereocenters. The minimum atomic E-state index is 0.104. The molecule has 0 aliphatic rings. The lowest BCUT2D eigenvalue weighted by molar-refractivity contribution is 0.506. The number of benzene rings is 8. The van der Waals surface area contributed by atoms with Crippen LogP contribution in [-0.2, 0) is 21.7 Å². The predicted molar refractivity (Wildman–Crippen MR) is 289 cm³/mol. The molecule has 0 fully saturated rings. The molecule has 2 heterocycles. The van der Waals surface area contributed by atoms with Gasteiger partial charge in [0.25, 0.3) is 0 Å². The molecule has 334 valence electrons. The van der Waals surface area contributed by atoms with E-state index in [0.717, 1.165) is 25.7 Å². The van der Waals surface area contributed by atoms with Gasteiger partial charge in [0.15, 0.2) is 0 Å². The summed E-state index contributed by atoms with van der Waals surface area (Å²) in [7, 11) is 0. The monoisotopic (exact) mass is 865 g/mol. The zero-order chi connectivity index (χ0) is 46.5. The van der Waals surface area contributed by atoms with Gasteiger partial charge in [-0.05, 0) is 187 Å². The van der Waals surface area contributed by atoms with Crippen molar-refractivity contribution in [2.75, 3.05) is 0 Å². The van der Waals surface area contributed by atoms with E-state index in [1.807, 2.05) is 0 Å². The van der Waals surface area contributed by atoms with E-state index in [1.54, 1.807) is 0 Å². The van der Waals surface area contributed by atoms with Crippen LogP contribution in [0.15, 0.2) is 146 Å². The van der Waals surface area contributed by atoms with Gasteiger partial charge in [-0.1, -0.05) is 144 Å². The third kappa shape index (κ3) is 7.15. The minimum absolute atomic E-state index is 0.104. The maximum atomic E-state index is 2.49. The first-order valence-electron chi connectivity index (χ1n) is 24.7. The summed E-state index contributed by atoms with van der Waals surface area (Å²) in [4.78, 5) is 0. The van der Waals surface area contributed by atoms with Gasteiger partial charge in [-0.2, -0.15) is 0 Å². The maximum Gasteiger partial charge on any atom is 0.0541 e. The Morgan fingerprint density at radius 2 is 0.576 bits per heavy atom. The Morgan fingerprint density at radius 1 is 0.288 bits per heavy atom. The number of rotatable bonds is 11. The maximum absolute atomic E-state index is 2.49. The molecule has 0 spiro atoms. The molecule has 0 N–H and O–H groups in total. The topological polar surface area (TPSA) is 9.86 Å². The van der Waals surface area contributed by atoms with Crippen LogP contribution in [0, 0.1) is 0 Å². The smallest absolute Gasteiger partial charge is 0.0541 e. The van der Waals surface area contributed by atoms with E-state index in [9.17, 15) is 0 Å². The fourth-order valence-electron chi connectivity index (χ4n) is 10.2. The van der Waals surface area contributed by atoms with Crippen LogP contribution in [-0.4, -0.2) is 9.13 Å². The highest BCUT2D eigenvalue weighted by Gasteiger charge is 2.26. The zero-order valence-electron chi connectivity index (χ0n) is 41.6. The van der Waals surface area contributed by atoms with Crippen molar-refractivity contribution in [3.8, 4) is 22.5 Å². The van der Waals surface area contributed by atoms with E-state index in [0.29, 0.717) is 0 Å². The number of fused-ring (bicyclic) bond motifs is 8. The average Bonchev–Trinajstić information content (AvgIpc) is 3.84. The second-order valence-corrected chi connectivity index (χ2v) is 22.0. The van der Waals surface area contributed by atoms with Crippen molar-refractivity contribution < 1.29 is 0 Å². The van der Waals surface area contributed by atoms with Gasteiger partial charge in [-0.25, -0.2) is 0 Å². The molecule has 0 unspecified atom stereocenters. The minimum Gasteiger partial charge on any atom is -0.309 e. The molecule has 10 rings (SSSR count). The van der Waals surface area contributed by atoms with Gasteiger partial charge < -0.3 is 9.13 Å². The van der Waals surface area contributed by atoms with Crippen molar-refractivity contribution in [2.45, 2.75) is 130 Å². The Kier molecular flexibility index (Phi) is 10.4. The average molecular weight is 865 g/mol. The Labute approximate surface area is 393 Å². The molecule has 66 heavy (non-hydrogen) atoms. The fraction of sp³-hybridized carbons (Fsp3) is 0.312. The van der Waals surface area contributed by atoms with Gasteiger partial charge in [0.2, 0.25) is 0 Å². The van der Waals surface area contributed by atoms with Crippen molar-refractivity contribution in [1.82, 2.24) is 9.13 Å². The van der Waals surface area contributed by atoms with E-state index in [1.165, 1.54) is 110 Å². The first-order chi connectivity index (χ1) is 31.5. The van der Waals surface area contributed by atoms with E-state index in [4.69, 9.17) is 0 Å². The molecular weight excluding hydrogens is 797 g/mol. The van der Waals surface area contributed by atoms with Crippen LogP contribution in [0.2, 0.25) is 0 Å². The third-order valence-corrected chi connectivity index (χ3v) is 16.7. The summed E-state index contributed by atoms with van der Waals surface area (Å²) in [6.07, 6.45) is 4.38.